The molecule has 1 aliphatic carbocycles. The van der Waals surface area contributed by atoms with Gasteiger partial charge < -0.3 is 14.6 Å². The fourth-order valence-corrected chi connectivity index (χ4v) is 4.47. The van der Waals surface area contributed by atoms with Crippen molar-refractivity contribution in [1.29, 1.82) is 10.5 Å². The van der Waals surface area contributed by atoms with Crippen molar-refractivity contribution in [2.75, 3.05) is 14.2 Å². The molecule has 3 rings (SSSR count). The summed E-state index contributed by atoms with van der Waals surface area (Å²) in [5, 5.41) is 32.4. The highest BCUT2D eigenvalue weighted by atomic mass is 35.5. The highest BCUT2D eigenvalue weighted by Gasteiger charge is 2.61. The summed E-state index contributed by atoms with van der Waals surface area (Å²) in [5.74, 6) is -6.29. The van der Waals surface area contributed by atoms with E-state index in [2.05, 4.69) is 12.1 Å². The zero-order valence-electron chi connectivity index (χ0n) is 17.3. The van der Waals surface area contributed by atoms with E-state index < -0.39 is 40.9 Å². The van der Waals surface area contributed by atoms with Crippen LogP contribution in [-0.2, 0) is 19.1 Å². The molecular formula is C24H19ClN2O5. The van der Waals surface area contributed by atoms with Gasteiger partial charge in [0.05, 0.1) is 37.8 Å². The monoisotopic (exact) mass is 450 g/mol. The molecule has 0 radical (unpaired) electrons. The molecule has 2 aromatic rings. The van der Waals surface area contributed by atoms with Gasteiger partial charge in [-0.05, 0) is 23.3 Å². The number of carbonyl (C=O) groups excluding carboxylic acids is 2. The van der Waals surface area contributed by atoms with E-state index in [9.17, 15) is 25.2 Å². The minimum Gasteiger partial charge on any atom is -0.511 e. The van der Waals surface area contributed by atoms with Gasteiger partial charge in [-0.1, -0.05) is 54.1 Å². The standard InChI is InChI=1S/C24H19ClN2O5/c1-31-22(29)17-19(14-6-4-3-5-7-14)24(12-26,13-27)20(15-8-10-16(25)11-9-15)18(21(17)28)23(30)32-2/h3-11,17,19-20,28H,1-2H3. The average Bonchev–Trinajstić information content (AvgIpc) is 2.83. The lowest BCUT2D eigenvalue weighted by Gasteiger charge is -2.44. The summed E-state index contributed by atoms with van der Waals surface area (Å²) in [5.41, 5.74) is -1.47. The summed E-state index contributed by atoms with van der Waals surface area (Å²) in [6.45, 7) is 0. The molecule has 0 saturated heterocycles. The largest absolute Gasteiger partial charge is 0.511 e. The number of ether oxygens (including phenoxy) is 2. The number of benzene rings is 2. The number of aliphatic hydroxyl groups is 1. The van der Waals surface area contributed by atoms with Crippen LogP contribution in [0.3, 0.4) is 0 Å². The summed E-state index contributed by atoms with van der Waals surface area (Å²) in [6.07, 6.45) is 0. The van der Waals surface area contributed by atoms with Gasteiger partial charge in [0, 0.05) is 10.9 Å². The topological polar surface area (TPSA) is 120 Å². The number of hydrogen-bond donors (Lipinski definition) is 1. The maximum atomic E-state index is 12.8. The fraction of sp³-hybridized carbons (Fsp3) is 0.250. The molecule has 1 aliphatic rings. The third-order valence-corrected chi connectivity index (χ3v) is 5.98. The first-order chi connectivity index (χ1) is 15.4. The Morgan fingerprint density at radius 1 is 0.969 bits per heavy atom. The molecule has 3 atom stereocenters. The zero-order valence-corrected chi connectivity index (χ0v) is 18.0. The van der Waals surface area contributed by atoms with Crippen molar-refractivity contribution in [1.82, 2.24) is 0 Å². The molecule has 8 heteroatoms. The Balaban J connectivity index is 2.47. The molecule has 0 aromatic heterocycles. The highest BCUT2D eigenvalue weighted by Crippen LogP contribution is 2.58. The summed E-state index contributed by atoms with van der Waals surface area (Å²) in [4.78, 5) is 25.6. The van der Waals surface area contributed by atoms with E-state index in [4.69, 9.17) is 21.1 Å². The normalized spacial score (nSPS) is 21.7. The van der Waals surface area contributed by atoms with Gasteiger partial charge in [-0.25, -0.2) is 4.79 Å². The van der Waals surface area contributed by atoms with Gasteiger partial charge in [-0.2, -0.15) is 10.5 Å². The first-order valence-electron chi connectivity index (χ1n) is 9.58. The lowest BCUT2D eigenvalue weighted by molar-refractivity contribution is -0.147. The Morgan fingerprint density at radius 3 is 2.06 bits per heavy atom. The molecule has 0 heterocycles. The Hall–Kier alpha value is -3.81. The minimum absolute atomic E-state index is 0.347. The molecular weight excluding hydrogens is 432 g/mol. The predicted octanol–water partition coefficient (Wildman–Crippen LogP) is 4.03. The number of rotatable bonds is 4. The molecule has 1 N–H and O–H groups in total. The predicted molar refractivity (Wildman–Crippen MR) is 114 cm³/mol. The highest BCUT2D eigenvalue weighted by molar-refractivity contribution is 6.30. The number of methoxy groups -OCH3 is 2. The zero-order chi connectivity index (χ0) is 23.5. The van der Waals surface area contributed by atoms with Gasteiger partial charge in [-0.3, -0.25) is 4.79 Å². The fourth-order valence-electron chi connectivity index (χ4n) is 4.34. The molecule has 0 bridgehead atoms. The van der Waals surface area contributed by atoms with E-state index in [-0.39, 0.29) is 5.57 Å². The van der Waals surface area contributed by atoms with Crippen molar-refractivity contribution < 1.29 is 24.2 Å². The summed E-state index contributed by atoms with van der Waals surface area (Å²) < 4.78 is 9.76. The van der Waals surface area contributed by atoms with Gasteiger partial charge in [0.15, 0.2) is 5.41 Å². The van der Waals surface area contributed by atoms with E-state index in [0.29, 0.717) is 16.1 Å². The molecule has 0 saturated carbocycles. The second kappa shape index (κ2) is 9.13. The summed E-state index contributed by atoms with van der Waals surface area (Å²) in [6, 6.07) is 18.8. The average molecular weight is 451 g/mol. The van der Waals surface area contributed by atoms with Crippen LogP contribution in [0.1, 0.15) is 23.0 Å². The number of hydrogen-bond acceptors (Lipinski definition) is 7. The van der Waals surface area contributed by atoms with Crippen molar-refractivity contribution in [3.05, 3.63) is 82.1 Å². The van der Waals surface area contributed by atoms with Gasteiger partial charge >= 0.3 is 11.9 Å². The summed E-state index contributed by atoms with van der Waals surface area (Å²) >= 11 is 6.01. The lowest BCUT2D eigenvalue weighted by Crippen LogP contribution is -2.47. The number of halogens is 1. The van der Waals surface area contributed by atoms with Crippen molar-refractivity contribution in [2.45, 2.75) is 11.8 Å². The second-order valence-electron chi connectivity index (χ2n) is 7.26. The van der Waals surface area contributed by atoms with Crippen LogP contribution in [-0.4, -0.2) is 31.3 Å². The molecule has 0 spiro atoms. The van der Waals surface area contributed by atoms with Crippen LogP contribution in [0.4, 0.5) is 0 Å². The van der Waals surface area contributed by atoms with E-state index >= 15 is 0 Å². The van der Waals surface area contributed by atoms with Gasteiger partial charge in [-0.15, -0.1) is 0 Å². The van der Waals surface area contributed by atoms with Crippen molar-refractivity contribution in [2.24, 2.45) is 11.3 Å². The number of nitrogens with zero attached hydrogens (tertiary/aromatic N) is 2. The van der Waals surface area contributed by atoms with Gasteiger partial charge in [0.25, 0.3) is 0 Å². The van der Waals surface area contributed by atoms with Crippen molar-refractivity contribution in [3.63, 3.8) is 0 Å². The maximum absolute atomic E-state index is 12.8. The van der Waals surface area contributed by atoms with E-state index in [1.807, 2.05) is 0 Å². The van der Waals surface area contributed by atoms with Crippen molar-refractivity contribution in [3.8, 4) is 12.1 Å². The Labute approximate surface area is 190 Å². The van der Waals surface area contributed by atoms with Crippen molar-refractivity contribution >= 4 is 23.5 Å². The Kier molecular flexibility index (Phi) is 6.53. The molecule has 7 nitrogen and oxygen atoms in total. The molecule has 0 amide bonds. The first-order valence-corrected chi connectivity index (χ1v) is 9.96. The van der Waals surface area contributed by atoms with Gasteiger partial charge in [0.2, 0.25) is 0 Å². The first kappa shape index (κ1) is 22.9. The number of nitriles is 2. The van der Waals surface area contributed by atoms with E-state index in [1.54, 1.807) is 54.6 Å². The number of esters is 2. The second-order valence-corrected chi connectivity index (χ2v) is 7.69. The Morgan fingerprint density at radius 2 is 1.56 bits per heavy atom. The molecule has 32 heavy (non-hydrogen) atoms. The third-order valence-electron chi connectivity index (χ3n) is 5.73. The smallest absolute Gasteiger partial charge is 0.337 e. The third kappa shape index (κ3) is 3.57. The molecule has 162 valence electrons. The molecule has 3 unspecified atom stereocenters. The number of carbonyl (C=O) groups is 2. The van der Waals surface area contributed by atoms with Crippen LogP contribution in [0, 0.1) is 34.0 Å². The van der Waals surface area contributed by atoms with E-state index in [0.717, 1.165) is 14.2 Å². The molecule has 0 aliphatic heterocycles. The summed E-state index contributed by atoms with van der Waals surface area (Å²) in [7, 11) is 2.24. The van der Waals surface area contributed by atoms with Gasteiger partial charge in [0.1, 0.15) is 11.7 Å². The van der Waals surface area contributed by atoms with Crippen LogP contribution in [0.5, 0.6) is 0 Å². The Bertz CT molecular complexity index is 1130. The quantitative estimate of drug-likeness (QED) is 0.698. The minimum atomic E-state index is -1.97. The maximum Gasteiger partial charge on any atom is 0.337 e. The van der Waals surface area contributed by atoms with Crippen LogP contribution in [0.25, 0.3) is 0 Å². The molecule has 0 fully saturated rings. The van der Waals surface area contributed by atoms with Crippen LogP contribution in [0.2, 0.25) is 5.02 Å². The van der Waals surface area contributed by atoms with Crippen LogP contribution < -0.4 is 0 Å². The SMILES string of the molecule is COC(=O)C1=C(O)C(C(=O)OC)C(c2ccccc2)C(C#N)(C#N)C1c1ccc(Cl)cc1. The molecule has 2 aromatic carbocycles. The van der Waals surface area contributed by atoms with E-state index in [1.165, 1.54) is 0 Å². The lowest BCUT2D eigenvalue weighted by atomic mass is 9.54. The van der Waals surface area contributed by atoms with Crippen LogP contribution >= 0.6 is 11.6 Å². The van der Waals surface area contributed by atoms with Crippen LogP contribution in [0.15, 0.2) is 65.9 Å². The number of aliphatic hydroxyl groups excluding tert-OH is 1.